The van der Waals surface area contributed by atoms with Gasteiger partial charge >= 0.3 is 0 Å². The number of Topliss-reactive ketones (excluding diaryl/α,β-unsaturated/α-hetero) is 1. The summed E-state index contributed by atoms with van der Waals surface area (Å²) < 4.78 is 10.6. The van der Waals surface area contributed by atoms with Gasteiger partial charge in [0.15, 0.2) is 0 Å². The average molecular weight is 395 g/mol. The Morgan fingerprint density at radius 1 is 1.07 bits per heavy atom. The van der Waals surface area contributed by atoms with E-state index in [1.807, 2.05) is 25.1 Å². The molecule has 1 fully saturated rings. The normalized spacial score (nSPS) is 18.3. The van der Waals surface area contributed by atoms with Crippen LogP contribution in [0.4, 0.5) is 0 Å². The summed E-state index contributed by atoms with van der Waals surface area (Å²) in [5.41, 5.74) is 1.34. The zero-order valence-corrected chi connectivity index (χ0v) is 16.6. The molecule has 1 atom stereocenters. The fourth-order valence-electron chi connectivity index (χ4n) is 3.50. The van der Waals surface area contributed by atoms with Crippen molar-refractivity contribution in [1.29, 1.82) is 0 Å². The third kappa shape index (κ3) is 4.32. The van der Waals surface area contributed by atoms with E-state index in [-0.39, 0.29) is 11.3 Å². The van der Waals surface area contributed by atoms with E-state index in [1.165, 1.54) is 4.90 Å². The van der Waals surface area contributed by atoms with Crippen LogP contribution in [0.3, 0.4) is 0 Å². The lowest BCUT2D eigenvalue weighted by atomic mass is 9.95. The molecule has 1 aliphatic heterocycles. The minimum absolute atomic E-state index is 0.0998. The van der Waals surface area contributed by atoms with Crippen LogP contribution in [0.5, 0.6) is 5.75 Å². The highest BCUT2D eigenvalue weighted by atomic mass is 16.5. The molecular weight excluding hydrogens is 370 g/mol. The molecule has 1 saturated heterocycles. The van der Waals surface area contributed by atoms with E-state index in [4.69, 9.17) is 9.47 Å². The quantitative estimate of drug-likeness (QED) is 0.320. The standard InChI is InChI=1S/C23H25NO5/c1-3-29-18-12-10-16(11-13-18)20-19(21(25)17-8-5-4-6-9-17)22(26)23(27)24(20)14-7-15-28-2/h4-6,8-13,20,25H,3,7,14-15H2,1-2H3/t20-/m1/s1. The summed E-state index contributed by atoms with van der Waals surface area (Å²) >= 11 is 0. The van der Waals surface area contributed by atoms with Crippen LogP contribution >= 0.6 is 0 Å². The van der Waals surface area contributed by atoms with Gasteiger partial charge in [0.1, 0.15) is 11.5 Å². The van der Waals surface area contributed by atoms with Gasteiger partial charge in [-0.2, -0.15) is 0 Å². The molecule has 2 aromatic rings. The van der Waals surface area contributed by atoms with Gasteiger partial charge in [0.2, 0.25) is 0 Å². The van der Waals surface area contributed by atoms with Crippen LogP contribution in [0, 0.1) is 0 Å². The smallest absolute Gasteiger partial charge is 0.295 e. The number of amides is 1. The van der Waals surface area contributed by atoms with Crippen LogP contribution in [-0.2, 0) is 14.3 Å². The number of ketones is 1. The van der Waals surface area contributed by atoms with Gasteiger partial charge in [-0.05, 0) is 31.0 Å². The van der Waals surface area contributed by atoms with E-state index in [0.717, 1.165) is 5.56 Å². The van der Waals surface area contributed by atoms with Crippen molar-refractivity contribution >= 4 is 17.4 Å². The molecule has 152 valence electrons. The Balaban J connectivity index is 2.07. The van der Waals surface area contributed by atoms with Crippen molar-refractivity contribution in [3.8, 4) is 5.75 Å². The number of methoxy groups -OCH3 is 1. The van der Waals surface area contributed by atoms with Crippen molar-refractivity contribution in [3.63, 3.8) is 0 Å². The van der Waals surface area contributed by atoms with Crippen molar-refractivity contribution < 1.29 is 24.2 Å². The first kappa shape index (κ1) is 20.6. The second-order valence-corrected chi connectivity index (χ2v) is 6.71. The first-order chi connectivity index (χ1) is 14.1. The monoisotopic (exact) mass is 395 g/mol. The van der Waals surface area contributed by atoms with Crippen LogP contribution in [-0.4, -0.2) is 48.6 Å². The van der Waals surface area contributed by atoms with Gasteiger partial charge in [0.25, 0.3) is 11.7 Å². The number of rotatable bonds is 8. The molecule has 0 aromatic heterocycles. The third-order valence-corrected chi connectivity index (χ3v) is 4.84. The molecule has 0 spiro atoms. The SMILES string of the molecule is CCOc1ccc([C@@H]2C(=C(O)c3ccccc3)C(=O)C(=O)N2CCCOC)cc1. The fraction of sp³-hybridized carbons (Fsp3) is 0.304. The molecule has 6 nitrogen and oxygen atoms in total. The lowest BCUT2D eigenvalue weighted by Crippen LogP contribution is -2.31. The highest BCUT2D eigenvalue weighted by Crippen LogP contribution is 2.39. The Morgan fingerprint density at radius 2 is 1.76 bits per heavy atom. The molecule has 29 heavy (non-hydrogen) atoms. The summed E-state index contributed by atoms with van der Waals surface area (Å²) in [7, 11) is 1.59. The minimum atomic E-state index is -0.678. The predicted octanol–water partition coefficient (Wildman–Crippen LogP) is 3.54. The number of ether oxygens (including phenoxy) is 2. The maximum atomic E-state index is 12.9. The van der Waals surface area contributed by atoms with E-state index >= 15 is 0 Å². The molecule has 6 heteroatoms. The van der Waals surface area contributed by atoms with E-state index in [2.05, 4.69) is 0 Å². The lowest BCUT2D eigenvalue weighted by Gasteiger charge is -2.25. The van der Waals surface area contributed by atoms with Gasteiger partial charge in [-0.3, -0.25) is 9.59 Å². The average Bonchev–Trinajstić information content (AvgIpc) is 3.00. The topological polar surface area (TPSA) is 76.1 Å². The number of hydrogen-bond acceptors (Lipinski definition) is 5. The molecule has 0 unspecified atom stereocenters. The largest absolute Gasteiger partial charge is 0.507 e. The van der Waals surface area contributed by atoms with E-state index in [9.17, 15) is 14.7 Å². The Labute approximate surface area is 170 Å². The molecule has 3 rings (SSSR count). The van der Waals surface area contributed by atoms with Gasteiger partial charge in [0, 0.05) is 25.8 Å². The summed E-state index contributed by atoms with van der Waals surface area (Å²) in [6.07, 6.45) is 0.586. The van der Waals surface area contributed by atoms with Crippen molar-refractivity contribution in [1.82, 2.24) is 4.90 Å². The van der Waals surface area contributed by atoms with Crippen LogP contribution in [0.1, 0.15) is 30.5 Å². The molecule has 2 aromatic carbocycles. The Hall–Kier alpha value is -3.12. The maximum Gasteiger partial charge on any atom is 0.295 e. The number of carbonyl (C=O) groups is 2. The highest BCUT2D eigenvalue weighted by molar-refractivity contribution is 6.46. The van der Waals surface area contributed by atoms with E-state index in [0.29, 0.717) is 37.5 Å². The molecule has 1 aliphatic rings. The zero-order chi connectivity index (χ0) is 20.8. The Morgan fingerprint density at radius 3 is 2.38 bits per heavy atom. The first-order valence-electron chi connectivity index (χ1n) is 9.64. The number of hydrogen-bond donors (Lipinski definition) is 1. The van der Waals surface area contributed by atoms with Crippen LogP contribution in [0.15, 0.2) is 60.2 Å². The van der Waals surface area contributed by atoms with Gasteiger partial charge in [0.05, 0.1) is 18.2 Å². The van der Waals surface area contributed by atoms with Crippen LogP contribution in [0.2, 0.25) is 0 Å². The van der Waals surface area contributed by atoms with Crippen LogP contribution < -0.4 is 4.74 Å². The van der Waals surface area contributed by atoms with Crippen molar-refractivity contribution in [2.45, 2.75) is 19.4 Å². The molecule has 1 N–H and O–H groups in total. The summed E-state index contributed by atoms with van der Waals surface area (Å²) in [6, 6.07) is 15.4. The van der Waals surface area contributed by atoms with E-state index in [1.54, 1.807) is 43.5 Å². The Bertz CT molecular complexity index is 889. The number of benzene rings is 2. The highest BCUT2D eigenvalue weighted by Gasteiger charge is 2.45. The fourth-order valence-corrected chi connectivity index (χ4v) is 3.50. The molecule has 0 radical (unpaired) electrons. The third-order valence-electron chi connectivity index (χ3n) is 4.84. The summed E-state index contributed by atoms with van der Waals surface area (Å²) in [5.74, 6) is -0.757. The number of aliphatic hydroxyl groups excluding tert-OH is 1. The van der Waals surface area contributed by atoms with Crippen molar-refractivity contribution in [2.75, 3.05) is 26.9 Å². The molecule has 1 heterocycles. The zero-order valence-electron chi connectivity index (χ0n) is 16.6. The first-order valence-corrected chi connectivity index (χ1v) is 9.64. The lowest BCUT2D eigenvalue weighted by molar-refractivity contribution is -0.140. The summed E-state index contributed by atoms with van der Waals surface area (Å²) in [6.45, 7) is 3.26. The molecule has 0 bridgehead atoms. The minimum Gasteiger partial charge on any atom is -0.507 e. The maximum absolute atomic E-state index is 12.9. The second kappa shape index (κ2) is 9.39. The molecule has 1 amide bonds. The number of carbonyl (C=O) groups excluding carboxylic acids is 2. The van der Waals surface area contributed by atoms with Gasteiger partial charge < -0.3 is 19.5 Å². The number of likely N-dealkylation sites (tertiary alicyclic amines) is 1. The van der Waals surface area contributed by atoms with Crippen LogP contribution in [0.25, 0.3) is 5.76 Å². The number of nitrogens with zero attached hydrogens (tertiary/aromatic N) is 1. The summed E-state index contributed by atoms with van der Waals surface area (Å²) in [5, 5.41) is 10.9. The van der Waals surface area contributed by atoms with E-state index < -0.39 is 17.7 Å². The molecular formula is C23H25NO5. The van der Waals surface area contributed by atoms with Crippen molar-refractivity contribution in [2.24, 2.45) is 0 Å². The van der Waals surface area contributed by atoms with Gasteiger partial charge in [-0.15, -0.1) is 0 Å². The van der Waals surface area contributed by atoms with Gasteiger partial charge in [-0.1, -0.05) is 42.5 Å². The Kier molecular flexibility index (Phi) is 6.67. The van der Waals surface area contributed by atoms with Crippen molar-refractivity contribution in [3.05, 3.63) is 71.3 Å². The number of aliphatic hydroxyl groups is 1. The molecule has 0 saturated carbocycles. The second-order valence-electron chi connectivity index (χ2n) is 6.71. The predicted molar refractivity (Wildman–Crippen MR) is 110 cm³/mol. The summed E-state index contributed by atoms with van der Waals surface area (Å²) in [4.78, 5) is 27.1. The molecule has 0 aliphatic carbocycles. The van der Waals surface area contributed by atoms with Gasteiger partial charge in [-0.25, -0.2) is 0 Å².